The number of aromatic nitrogens is 1. The Morgan fingerprint density at radius 3 is 2.41 bits per heavy atom. The third kappa shape index (κ3) is 2.76. The van der Waals surface area contributed by atoms with Crippen molar-refractivity contribution in [3.8, 4) is 0 Å². The van der Waals surface area contributed by atoms with Crippen molar-refractivity contribution >= 4 is 17.0 Å². The maximum atomic E-state index is 13.3. The maximum Gasteiger partial charge on any atom is 0.152 e. The van der Waals surface area contributed by atoms with Crippen LogP contribution < -0.4 is 5.32 Å². The molecule has 1 aromatic heterocycles. The van der Waals surface area contributed by atoms with Crippen LogP contribution in [0.25, 0.3) is 0 Å². The summed E-state index contributed by atoms with van der Waals surface area (Å²) in [5, 5.41) is 3.47. The lowest BCUT2D eigenvalue weighted by Crippen LogP contribution is -2.03. The highest BCUT2D eigenvalue weighted by atomic mass is 32.1. The SMILES string of the molecule is Cc1ncc(CNc2c(F)cc(F)cc2F)s1. The van der Waals surface area contributed by atoms with Gasteiger partial charge in [0.2, 0.25) is 0 Å². The van der Waals surface area contributed by atoms with Crippen LogP contribution in [-0.4, -0.2) is 4.98 Å². The van der Waals surface area contributed by atoms with Crippen LogP contribution in [0.4, 0.5) is 18.9 Å². The van der Waals surface area contributed by atoms with E-state index in [1.807, 2.05) is 6.92 Å². The van der Waals surface area contributed by atoms with Crippen molar-refractivity contribution in [3.05, 3.63) is 45.7 Å². The number of thiazole rings is 1. The van der Waals surface area contributed by atoms with Crippen LogP contribution in [0.3, 0.4) is 0 Å². The molecule has 17 heavy (non-hydrogen) atoms. The molecular weight excluding hydrogens is 249 g/mol. The summed E-state index contributed by atoms with van der Waals surface area (Å²) in [7, 11) is 0. The van der Waals surface area contributed by atoms with Gasteiger partial charge in [-0.05, 0) is 6.92 Å². The minimum absolute atomic E-state index is 0.255. The quantitative estimate of drug-likeness (QED) is 0.911. The lowest BCUT2D eigenvalue weighted by atomic mass is 10.2. The van der Waals surface area contributed by atoms with Gasteiger partial charge in [-0.3, -0.25) is 0 Å². The summed E-state index contributed by atoms with van der Waals surface area (Å²) in [4.78, 5) is 4.87. The second-order valence-electron chi connectivity index (χ2n) is 3.44. The maximum absolute atomic E-state index is 13.3. The van der Waals surface area contributed by atoms with E-state index in [0.29, 0.717) is 12.1 Å². The van der Waals surface area contributed by atoms with Gasteiger partial charge in [0.05, 0.1) is 11.6 Å². The molecule has 2 aromatic rings. The average molecular weight is 258 g/mol. The smallest absolute Gasteiger partial charge is 0.152 e. The van der Waals surface area contributed by atoms with E-state index in [-0.39, 0.29) is 12.2 Å². The summed E-state index contributed by atoms with van der Waals surface area (Å²) in [6, 6.07) is 1.28. The number of halogens is 3. The third-order valence-electron chi connectivity index (χ3n) is 2.12. The molecule has 0 radical (unpaired) electrons. The normalized spacial score (nSPS) is 10.6. The van der Waals surface area contributed by atoms with E-state index in [1.165, 1.54) is 11.3 Å². The van der Waals surface area contributed by atoms with Gasteiger partial charge in [-0.1, -0.05) is 0 Å². The molecular formula is C11H9F3N2S. The molecule has 0 saturated heterocycles. The van der Waals surface area contributed by atoms with E-state index in [1.54, 1.807) is 6.20 Å². The minimum Gasteiger partial charge on any atom is -0.375 e. The Labute approximate surface area is 100 Å². The van der Waals surface area contributed by atoms with Crippen molar-refractivity contribution in [2.24, 2.45) is 0 Å². The highest BCUT2D eigenvalue weighted by Crippen LogP contribution is 2.21. The van der Waals surface area contributed by atoms with Gasteiger partial charge in [-0.15, -0.1) is 11.3 Å². The van der Waals surface area contributed by atoms with Crippen molar-refractivity contribution in [3.63, 3.8) is 0 Å². The molecule has 0 saturated carbocycles. The standard InChI is InChI=1S/C11H9F3N2S/c1-6-15-4-8(17-6)5-16-11-9(13)2-7(12)3-10(11)14/h2-4,16H,5H2,1H3. The van der Waals surface area contributed by atoms with Gasteiger partial charge in [0.25, 0.3) is 0 Å². The number of rotatable bonds is 3. The molecule has 2 rings (SSSR count). The molecule has 0 bridgehead atoms. The average Bonchev–Trinajstić information content (AvgIpc) is 2.62. The molecule has 90 valence electrons. The molecule has 2 nitrogen and oxygen atoms in total. The number of aryl methyl sites for hydroxylation is 1. The lowest BCUT2D eigenvalue weighted by Gasteiger charge is -2.07. The van der Waals surface area contributed by atoms with Gasteiger partial charge in [0, 0.05) is 23.2 Å². The summed E-state index contributed by atoms with van der Waals surface area (Å²) < 4.78 is 39.2. The number of anilines is 1. The van der Waals surface area contributed by atoms with Crippen LogP contribution >= 0.6 is 11.3 Å². The molecule has 0 aliphatic rings. The Morgan fingerprint density at radius 2 is 1.88 bits per heavy atom. The van der Waals surface area contributed by atoms with Gasteiger partial charge in [-0.2, -0.15) is 0 Å². The first-order valence-corrected chi connectivity index (χ1v) is 5.67. The molecule has 0 aliphatic heterocycles. The summed E-state index contributed by atoms with van der Waals surface area (Å²) in [6.45, 7) is 2.10. The number of nitrogens with zero attached hydrogens (tertiary/aromatic N) is 1. The van der Waals surface area contributed by atoms with Crippen LogP contribution in [0, 0.1) is 24.4 Å². The summed E-state index contributed by atoms with van der Waals surface area (Å²) in [5.74, 6) is -2.81. The Bertz CT molecular complexity index is 516. The van der Waals surface area contributed by atoms with Crippen LogP contribution in [0.1, 0.15) is 9.88 Å². The Hall–Kier alpha value is -1.56. The number of nitrogens with one attached hydrogen (secondary N) is 1. The Kier molecular flexibility index (Phi) is 3.33. The zero-order valence-corrected chi connectivity index (χ0v) is 9.75. The lowest BCUT2D eigenvalue weighted by molar-refractivity contribution is 0.547. The van der Waals surface area contributed by atoms with E-state index < -0.39 is 17.5 Å². The van der Waals surface area contributed by atoms with Crippen LogP contribution in [0.15, 0.2) is 18.3 Å². The van der Waals surface area contributed by atoms with Gasteiger partial charge < -0.3 is 5.32 Å². The first-order chi connectivity index (χ1) is 8.06. The Morgan fingerprint density at radius 1 is 1.24 bits per heavy atom. The van der Waals surface area contributed by atoms with Crippen molar-refractivity contribution < 1.29 is 13.2 Å². The number of hydrogen-bond donors (Lipinski definition) is 1. The summed E-state index contributed by atoms with van der Waals surface area (Å²) >= 11 is 1.43. The summed E-state index contributed by atoms with van der Waals surface area (Å²) in [5.41, 5.74) is -0.322. The highest BCUT2D eigenvalue weighted by molar-refractivity contribution is 7.11. The first kappa shape index (κ1) is 11.9. The largest absolute Gasteiger partial charge is 0.375 e. The molecule has 0 fully saturated rings. The molecule has 0 amide bonds. The van der Waals surface area contributed by atoms with E-state index in [4.69, 9.17) is 0 Å². The summed E-state index contributed by atoms with van der Waals surface area (Å²) in [6.07, 6.45) is 1.63. The molecule has 1 N–H and O–H groups in total. The molecule has 1 aromatic carbocycles. The van der Waals surface area contributed by atoms with Crippen molar-refractivity contribution in [2.75, 3.05) is 5.32 Å². The van der Waals surface area contributed by atoms with Gasteiger partial charge in [-0.25, -0.2) is 18.2 Å². The third-order valence-corrected chi connectivity index (χ3v) is 3.03. The fourth-order valence-electron chi connectivity index (χ4n) is 1.37. The Balaban J connectivity index is 2.14. The number of hydrogen-bond acceptors (Lipinski definition) is 3. The van der Waals surface area contributed by atoms with Crippen molar-refractivity contribution in [2.45, 2.75) is 13.5 Å². The second-order valence-corrected chi connectivity index (χ2v) is 4.76. The van der Waals surface area contributed by atoms with E-state index >= 15 is 0 Å². The molecule has 0 spiro atoms. The molecule has 0 unspecified atom stereocenters. The predicted octanol–water partition coefficient (Wildman–Crippen LogP) is 3.48. The van der Waals surface area contributed by atoms with Gasteiger partial charge >= 0.3 is 0 Å². The number of benzene rings is 1. The highest BCUT2D eigenvalue weighted by Gasteiger charge is 2.11. The monoisotopic (exact) mass is 258 g/mol. The molecule has 0 atom stereocenters. The van der Waals surface area contributed by atoms with E-state index in [9.17, 15) is 13.2 Å². The van der Waals surface area contributed by atoms with Crippen molar-refractivity contribution in [1.82, 2.24) is 4.98 Å². The van der Waals surface area contributed by atoms with Crippen LogP contribution in [0.5, 0.6) is 0 Å². The first-order valence-electron chi connectivity index (χ1n) is 4.86. The molecule has 1 heterocycles. The second kappa shape index (κ2) is 4.75. The molecule has 6 heteroatoms. The zero-order chi connectivity index (χ0) is 12.4. The van der Waals surface area contributed by atoms with Crippen LogP contribution in [0.2, 0.25) is 0 Å². The zero-order valence-electron chi connectivity index (χ0n) is 8.93. The van der Waals surface area contributed by atoms with Crippen LogP contribution in [-0.2, 0) is 6.54 Å². The minimum atomic E-state index is -0.941. The van der Waals surface area contributed by atoms with Gasteiger partial charge in [0.15, 0.2) is 11.6 Å². The van der Waals surface area contributed by atoms with Gasteiger partial charge in [0.1, 0.15) is 11.5 Å². The fraction of sp³-hybridized carbons (Fsp3) is 0.182. The molecule has 0 aliphatic carbocycles. The van der Waals surface area contributed by atoms with E-state index in [0.717, 1.165) is 9.88 Å². The fourth-order valence-corrected chi connectivity index (χ4v) is 2.11. The topological polar surface area (TPSA) is 24.9 Å². The van der Waals surface area contributed by atoms with E-state index in [2.05, 4.69) is 10.3 Å². The predicted molar refractivity (Wildman–Crippen MR) is 60.5 cm³/mol. The van der Waals surface area contributed by atoms with Crippen molar-refractivity contribution in [1.29, 1.82) is 0 Å².